The molecule has 2 aliphatic heterocycles. The Hall–Kier alpha value is -1.50. The summed E-state index contributed by atoms with van der Waals surface area (Å²) in [5.74, 6) is 0.0857. The summed E-state index contributed by atoms with van der Waals surface area (Å²) in [6.07, 6.45) is 6.12. The molecule has 186 valence electrons. The molecule has 2 heterocycles. The lowest BCUT2D eigenvalue weighted by atomic mass is 9.45. The van der Waals surface area contributed by atoms with E-state index < -0.39 is 39.8 Å². The van der Waals surface area contributed by atoms with Gasteiger partial charge >= 0.3 is 5.97 Å². The van der Waals surface area contributed by atoms with E-state index in [1.54, 1.807) is 6.92 Å². The van der Waals surface area contributed by atoms with Gasteiger partial charge in [-0.2, -0.15) is 0 Å². The maximum Gasteiger partial charge on any atom is 0.334 e. The lowest BCUT2D eigenvalue weighted by Gasteiger charge is -2.60. The summed E-state index contributed by atoms with van der Waals surface area (Å²) in [6, 6.07) is 0. The Morgan fingerprint density at radius 1 is 1.00 bits per heavy atom. The van der Waals surface area contributed by atoms with Crippen molar-refractivity contribution in [3.63, 3.8) is 0 Å². The molecule has 0 spiro atoms. The van der Waals surface area contributed by atoms with E-state index in [2.05, 4.69) is 13.8 Å². The van der Waals surface area contributed by atoms with Crippen molar-refractivity contribution >= 4 is 11.8 Å². The molecule has 0 amide bonds. The molecule has 9 atom stereocenters. The number of hydrogen-bond acceptors (Lipinski definition) is 6. The summed E-state index contributed by atoms with van der Waals surface area (Å²) >= 11 is 0. The summed E-state index contributed by atoms with van der Waals surface area (Å²) in [5, 5.41) is 22.7. The number of Topliss-reactive ketones (excluding diaryl/α,β-unsaturated/α-hetero) is 1. The zero-order valence-corrected chi connectivity index (χ0v) is 21.1. The Morgan fingerprint density at radius 2 is 1.74 bits per heavy atom. The summed E-state index contributed by atoms with van der Waals surface area (Å²) in [5.41, 5.74) is -0.982. The minimum absolute atomic E-state index is 0.128. The number of esters is 1. The van der Waals surface area contributed by atoms with Crippen molar-refractivity contribution in [3.8, 4) is 0 Å². The number of ketones is 1. The minimum Gasteiger partial charge on any atom is -0.455 e. The van der Waals surface area contributed by atoms with E-state index in [1.165, 1.54) is 0 Å². The number of cyclic esters (lactones) is 1. The number of aliphatic hydroxyl groups is 2. The van der Waals surface area contributed by atoms with Gasteiger partial charge in [-0.1, -0.05) is 24.1 Å². The third-order valence-corrected chi connectivity index (χ3v) is 11.8. The first-order chi connectivity index (χ1) is 15.8. The molecule has 1 saturated heterocycles. The van der Waals surface area contributed by atoms with Crippen molar-refractivity contribution in [1.29, 1.82) is 0 Å². The summed E-state index contributed by atoms with van der Waals surface area (Å²) in [7, 11) is 0. The smallest absolute Gasteiger partial charge is 0.334 e. The molecule has 4 aliphatic carbocycles. The lowest BCUT2D eigenvalue weighted by molar-refractivity contribution is -0.249. The van der Waals surface area contributed by atoms with Crippen molar-refractivity contribution < 1.29 is 29.3 Å². The van der Waals surface area contributed by atoms with Crippen LogP contribution in [0.15, 0.2) is 22.8 Å². The highest BCUT2D eigenvalue weighted by atomic mass is 16.6. The predicted molar refractivity (Wildman–Crippen MR) is 125 cm³/mol. The van der Waals surface area contributed by atoms with Gasteiger partial charge in [-0.15, -0.1) is 0 Å². The van der Waals surface area contributed by atoms with Crippen LogP contribution in [-0.2, 0) is 19.1 Å². The fraction of sp³-hybridized carbons (Fsp3) is 0.786. The Morgan fingerprint density at radius 3 is 2.44 bits per heavy atom. The maximum atomic E-state index is 13.4. The minimum atomic E-state index is -1.11. The van der Waals surface area contributed by atoms with E-state index in [0.717, 1.165) is 43.3 Å². The van der Waals surface area contributed by atoms with Gasteiger partial charge in [0.15, 0.2) is 0 Å². The zero-order valence-electron chi connectivity index (χ0n) is 21.1. The molecule has 3 saturated carbocycles. The van der Waals surface area contributed by atoms with E-state index in [-0.39, 0.29) is 30.0 Å². The first kappa shape index (κ1) is 22.9. The first-order valence-corrected chi connectivity index (χ1v) is 13.1. The number of allylic oxidation sites excluding steroid dienone is 1. The number of carbonyl (C=O) groups excluding carboxylic acids is 2. The van der Waals surface area contributed by atoms with Crippen molar-refractivity contribution in [2.45, 2.75) is 115 Å². The molecule has 6 nitrogen and oxygen atoms in total. The quantitative estimate of drug-likeness (QED) is 0.448. The van der Waals surface area contributed by atoms with Crippen LogP contribution in [0.5, 0.6) is 0 Å². The van der Waals surface area contributed by atoms with E-state index in [9.17, 15) is 19.8 Å². The molecule has 0 radical (unpaired) electrons. The highest BCUT2D eigenvalue weighted by molar-refractivity contribution is 5.90. The third kappa shape index (κ3) is 2.30. The Bertz CT molecular complexity index is 1060. The van der Waals surface area contributed by atoms with Crippen molar-refractivity contribution in [2.24, 2.45) is 22.7 Å². The van der Waals surface area contributed by atoms with Crippen LogP contribution in [0.2, 0.25) is 0 Å². The monoisotopic (exact) mass is 470 g/mol. The number of rotatable bonds is 1. The van der Waals surface area contributed by atoms with Crippen molar-refractivity contribution in [2.75, 3.05) is 0 Å². The highest BCUT2D eigenvalue weighted by Crippen LogP contribution is 2.77. The van der Waals surface area contributed by atoms with Gasteiger partial charge < -0.3 is 19.7 Å². The van der Waals surface area contributed by atoms with Crippen LogP contribution in [0.1, 0.15) is 86.0 Å². The van der Waals surface area contributed by atoms with Gasteiger partial charge in [0.2, 0.25) is 0 Å². The fourth-order valence-electron chi connectivity index (χ4n) is 9.52. The van der Waals surface area contributed by atoms with Gasteiger partial charge in [0.1, 0.15) is 23.1 Å². The summed E-state index contributed by atoms with van der Waals surface area (Å²) in [6.45, 7) is 9.98. The van der Waals surface area contributed by atoms with E-state index in [0.29, 0.717) is 18.4 Å². The van der Waals surface area contributed by atoms with Crippen LogP contribution >= 0.6 is 0 Å². The van der Waals surface area contributed by atoms with E-state index >= 15 is 0 Å². The number of aliphatic hydroxyl groups excluding tert-OH is 1. The Balaban J connectivity index is 1.43. The summed E-state index contributed by atoms with van der Waals surface area (Å²) < 4.78 is 13.1. The largest absolute Gasteiger partial charge is 0.455 e. The molecule has 2 N–H and O–H groups in total. The molecule has 4 fully saturated rings. The molecule has 6 rings (SSSR count). The van der Waals surface area contributed by atoms with Gasteiger partial charge in [0.25, 0.3) is 0 Å². The molecule has 9 unspecified atom stereocenters. The van der Waals surface area contributed by atoms with Crippen LogP contribution in [0.4, 0.5) is 0 Å². The predicted octanol–water partition coefficient (Wildman–Crippen LogP) is 3.78. The van der Waals surface area contributed by atoms with Gasteiger partial charge in [0.05, 0.1) is 17.1 Å². The Kier molecular flexibility index (Phi) is 4.47. The molecule has 0 aromatic rings. The topological polar surface area (TPSA) is 93.1 Å². The van der Waals surface area contributed by atoms with E-state index in [1.807, 2.05) is 19.9 Å². The summed E-state index contributed by atoms with van der Waals surface area (Å²) in [4.78, 5) is 26.0. The lowest BCUT2D eigenvalue weighted by Crippen LogP contribution is -2.63. The average molecular weight is 471 g/mol. The van der Waals surface area contributed by atoms with Gasteiger partial charge in [-0.05, 0) is 78.1 Å². The molecular formula is C28H38O6. The van der Waals surface area contributed by atoms with Crippen molar-refractivity contribution in [1.82, 2.24) is 0 Å². The molecule has 6 heteroatoms. The molecule has 34 heavy (non-hydrogen) atoms. The second-order valence-corrected chi connectivity index (χ2v) is 12.7. The highest BCUT2D eigenvalue weighted by Gasteiger charge is 2.84. The molecule has 2 bridgehead atoms. The second-order valence-electron chi connectivity index (χ2n) is 12.7. The maximum absolute atomic E-state index is 13.4. The molecule has 0 aromatic heterocycles. The van der Waals surface area contributed by atoms with E-state index in [4.69, 9.17) is 9.47 Å². The van der Waals surface area contributed by atoms with Crippen LogP contribution in [0, 0.1) is 22.7 Å². The van der Waals surface area contributed by atoms with Crippen LogP contribution in [0.3, 0.4) is 0 Å². The van der Waals surface area contributed by atoms with Crippen LogP contribution in [-0.4, -0.2) is 51.0 Å². The molecule has 6 aliphatic rings. The SMILES string of the molecule is CC1=C(C)C(=O)OC(C2(C)OC34CCC2(O)C3(C)CCC2C4CCC3=CC(O)CC(=O)C32C)C1. The van der Waals surface area contributed by atoms with Crippen LogP contribution < -0.4 is 0 Å². The fourth-order valence-corrected chi connectivity index (χ4v) is 9.52. The molecule has 0 aromatic carbocycles. The van der Waals surface area contributed by atoms with Gasteiger partial charge in [-0.25, -0.2) is 4.79 Å². The molecular weight excluding hydrogens is 432 g/mol. The van der Waals surface area contributed by atoms with Crippen molar-refractivity contribution in [3.05, 3.63) is 22.8 Å². The standard InChI is InChI=1S/C28H38O6/c1-15-12-22(33-23(31)16(15)2)26(5)28(32)11-10-27(34-26)20-7-6-17-13-18(29)14-21(30)25(17,4)19(20)8-9-24(27,28)3/h13,18-20,22,29,32H,6-12,14H2,1-5H3. The normalized spacial score (nSPS) is 54.3. The van der Waals surface area contributed by atoms with Crippen LogP contribution in [0.25, 0.3) is 0 Å². The third-order valence-electron chi connectivity index (χ3n) is 11.8. The van der Waals surface area contributed by atoms with Gasteiger partial charge in [-0.3, -0.25) is 4.79 Å². The second kappa shape index (κ2) is 6.63. The number of ether oxygens (including phenoxy) is 2. The average Bonchev–Trinajstić information content (AvgIpc) is 3.10. The number of hydrogen-bond donors (Lipinski definition) is 2. The van der Waals surface area contributed by atoms with Gasteiger partial charge in [0, 0.05) is 23.8 Å². The number of carbonyl (C=O) groups is 2. The first-order valence-electron chi connectivity index (χ1n) is 13.1. The number of fused-ring (bicyclic) bond motifs is 3. The zero-order chi connectivity index (χ0) is 24.5. The Labute approximate surface area is 201 Å².